The van der Waals surface area contributed by atoms with Crippen molar-refractivity contribution in [3.05, 3.63) is 78.1 Å². The van der Waals surface area contributed by atoms with E-state index in [0.717, 1.165) is 16.5 Å². The number of fused-ring (bicyclic) bond motifs is 1. The number of amidine groups is 1. The number of nitrogens with two attached hydrogens (primary N) is 1. The van der Waals surface area contributed by atoms with Gasteiger partial charge in [0, 0.05) is 5.56 Å². The van der Waals surface area contributed by atoms with Crippen molar-refractivity contribution in [1.29, 1.82) is 0 Å². The highest BCUT2D eigenvalue weighted by Gasteiger charge is 2.00. The first kappa shape index (κ1) is 12.4. The Hall–Kier alpha value is -2.68. The smallest absolute Gasteiger partial charge is 0.131 e. The normalized spacial score (nSPS) is 11.8. The van der Waals surface area contributed by atoms with E-state index in [1.54, 1.807) is 12.1 Å². The van der Waals surface area contributed by atoms with Crippen LogP contribution < -0.4 is 5.73 Å². The van der Waals surface area contributed by atoms with Gasteiger partial charge < -0.3 is 5.73 Å². The second kappa shape index (κ2) is 5.13. The molecule has 0 aliphatic rings. The van der Waals surface area contributed by atoms with E-state index in [2.05, 4.69) is 4.99 Å². The lowest BCUT2D eigenvalue weighted by Gasteiger charge is -2.03. The first-order valence-electron chi connectivity index (χ1n) is 6.31. The molecule has 0 saturated heterocycles. The third-order valence-corrected chi connectivity index (χ3v) is 3.12. The Morgan fingerprint density at radius 3 is 2.30 bits per heavy atom. The molecule has 2 nitrogen and oxygen atoms in total. The molecule has 3 heteroatoms. The lowest BCUT2D eigenvalue weighted by Crippen LogP contribution is -2.12. The molecule has 0 heterocycles. The lowest BCUT2D eigenvalue weighted by molar-refractivity contribution is 0.628. The molecule has 0 fully saturated rings. The summed E-state index contributed by atoms with van der Waals surface area (Å²) in [4.78, 5) is 4.38. The number of benzene rings is 3. The fourth-order valence-electron chi connectivity index (χ4n) is 2.07. The fraction of sp³-hybridized carbons (Fsp3) is 0. The number of rotatable bonds is 2. The Kier molecular flexibility index (Phi) is 3.17. The molecule has 2 N–H and O–H groups in total. The van der Waals surface area contributed by atoms with Crippen LogP contribution in [0.3, 0.4) is 0 Å². The highest BCUT2D eigenvalue weighted by molar-refractivity contribution is 5.99. The van der Waals surface area contributed by atoms with E-state index in [9.17, 15) is 4.39 Å². The molecule has 0 radical (unpaired) electrons. The fourth-order valence-corrected chi connectivity index (χ4v) is 2.07. The Labute approximate surface area is 116 Å². The highest BCUT2D eigenvalue weighted by atomic mass is 19.1. The zero-order valence-corrected chi connectivity index (χ0v) is 10.8. The van der Waals surface area contributed by atoms with E-state index in [-0.39, 0.29) is 5.82 Å². The van der Waals surface area contributed by atoms with Crippen LogP contribution in [-0.2, 0) is 0 Å². The van der Waals surface area contributed by atoms with E-state index in [1.807, 2.05) is 42.5 Å². The third kappa shape index (κ3) is 2.52. The standard InChI is InChI=1S/C17H13FN2/c18-15-8-5-13(6-9-15)17(19)20-16-10-7-12-3-1-2-4-14(12)11-16/h1-11H,(H2,19,20). The van der Waals surface area contributed by atoms with Crippen LogP contribution in [0.15, 0.2) is 71.7 Å². The third-order valence-electron chi connectivity index (χ3n) is 3.12. The first-order valence-corrected chi connectivity index (χ1v) is 6.31. The van der Waals surface area contributed by atoms with Crippen LogP contribution in [0.5, 0.6) is 0 Å². The molecule has 0 atom stereocenters. The summed E-state index contributed by atoms with van der Waals surface area (Å²) in [5.41, 5.74) is 7.44. The second-order valence-electron chi connectivity index (χ2n) is 4.54. The Bertz CT molecular complexity index is 776. The van der Waals surface area contributed by atoms with E-state index in [0.29, 0.717) is 11.4 Å². The number of hydrogen-bond donors (Lipinski definition) is 1. The van der Waals surface area contributed by atoms with Crippen molar-refractivity contribution in [2.75, 3.05) is 0 Å². The van der Waals surface area contributed by atoms with Crippen LogP contribution in [0.1, 0.15) is 5.56 Å². The molecule has 0 bridgehead atoms. The van der Waals surface area contributed by atoms with Crippen LogP contribution >= 0.6 is 0 Å². The van der Waals surface area contributed by atoms with Gasteiger partial charge in [0.1, 0.15) is 11.7 Å². The van der Waals surface area contributed by atoms with Crippen molar-refractivity contribution in [2.24, 2.45) is 10.7 Å². The molecule has 3 aromatic rings. The molecule has 3 aromatic carbocycles. The Balaban J connectivity index is 1.98. The summed E-state index contributed by atoms with van der Waals surface area (Å²) in [5.74, 6) is 0.0903. The SMILES string of the molecule is NC(=Nc1ccc2ccccc2c1)c1ccc(F)cc1. The zero-order chi connectivity index (χ0) is 13.9. The summed E-state index contributed by atoms with van der Waals surface area (Å²) in [7, 11) is 0. The molecule has 0 amide bonds. The van der Waals surface area contributed by atoms with E-state index in [4.69, 9.17) is 5.73 Å². The first-order chi connectivity index (χ1) is 9.72. The van der Waals surface area contributed by atoms with Gasteiger partial charge >= 0.3 is 0 Å². The average Bonchev–Trinajstić information content (AvgIpc) is 2.48. The van der Waals surface area contributed by atoms with Crippen LogP contribution in [0.25, 0.3) is 10.8 Å². The van der Waals surface area contributed by atoms with Gasteiger partial charge in [0.25, 0.3) is 0 Å². The summed E-state index contributed by atoms with van der Waals surface area (Å²) in [6, 6.07) is 19.9. The van der Waals surface area contributed by atoms with E-state index < -0.39 is 0 Å². The molecule has 20 heavy (non-hydrogen) atoms. The summed E-state index contributed by atoms with van der Waals surface area (Å²) in [5, 5.41) is 2.27. The van der Waals surface area contributed by atoms with Gasteiger partial charge in [0.2, 0.25) is 0 Å². The predicted octanol–water partition coefficient (Wildman–Crippen LogP) is 4.02. The van der Waals surface area contributed by atoms with Gasteiger partial charge in [0.05, 0.1) is 5.69 Å². The van der Waals surface area contributed by atoms with Gasteiger partial charge in [-0.15, -0.1) is 0 Å². The molecule has 98 valence electrons. The zero-order valence-electron chi connectivity index (χ0n) is 10.8. The minimum Gasteiger partial charge on any atom is -0.383 e. The largest absolute Gasteiger partial charge is 0.383 e. The van der Waals surface area contributed by atoms with Crippen molar-refractivity contribution in [2.45, 2.75) is 0 Å². The minimum atomic E-state index is -0.285. The van der Waals surface area contributed by atoms with Gasteiger partial charge in [-0.25, -0.2) is 9.38 Å². The Morgan fingerprint density at radius 1 is 0.850 bits per heavy atom. The molecule has 0 aromatic heterocycles. The summed E-state index contributed by atoms with van der Waals surface area (Å²) < 4.78 is 12.9. The molecule has 3 rings (SSSR count). The molecular weight excluding hydrogens is 251 g/mol. The minimum absolute atomic E-state index is 0.285. The second-order valence-corrected chi connectivity index (χ2v) is 4.54. The maximum absolute atomic E-state index is 12.9. The predicted molar refractivity (Wildman–Crippen MR) is 80.7 cm³/mol. The van der Waals surface area contributed by atoms with Crippen LogP contribution in [0.2, 0.25) is 0 Å². The van der Waals surface area contributed by atoms with Gasteiger partial charge in [0.15, 0.2) is 0 Å². The van der Waals surface area contributed by atoms with E-state index >= 15 is 0 Å². The molecule has 0 spiro atoms. The maximum Gasteiger partial charge on any atom is 0.131 e. The molecule has 0 aliphatic carbocycles. The number of nitrogens with zero attached hydrogens (tertiary/aromatic N) is 1. The Morgan fingerprint density at radius 2 is 1.55 bits per heavy atom. The number of halogens is 1. The topological polar surface area (TPSA) is 38.4 Å². The highest BCUT2D eigenvalue weighted by Crippen LogP contribution is 2.21. The summed E-state index contributed by atoms with van der Waals surface area (Å²) >= 11 is 0. The van der Waals surface area contributed by atoms with Gasteiger partial charge in [-0.05, 0) is 47.2 Å². The number of hydrogen-bond acceptors (Lipinski definition) is 1. The van der Waals surface area contributed by atoms with Crippen LogP contribution in [0, 0.1) is 5.82 Å². The van der Waals surface area contributed by atoms with Crippen LogP contribution in [0.4, 0.5) is 10.1 Å². The van der Waals surface area contributed by atoms with Crippen LogP contribution in [-0.4, -0.2) is 5.84 Å². The van der Waals surface area contributed by atoms with Gasteiger partial charge in [-0.3, -0.25) is 0 Å². The van der Waals surface area contributed by atoms with Gasteiger partial charge in [-0.1, -0.05) is 30.3 Å². The summed E-state index contributed by atoms with van der Waals surface area (Å²) in [6.07, 6.45) is 0. The van der Waals surface area contributed by atoms with Crippen molar-refractivity contribution in [3.63, 3.8) is 0 Å². The van der Waals surface area contributed by atoms with Crippen molar-refractivity contribution < 1.29 is 4.39 Å². The average molecular weight is 264 g/mol. The molecule has 0 unspecified atom stereocenters. The molecular formula is C17H13FN2. The molecule has 0 aliphatic heterocycles. The van der Waals surface area contributed by atoms with E-state index in [1.165, 1.54) is 12.1 Å². The summed E-state index contributed by atoms with van der Waals surface area (Å²) in [6.45, 7) is 0. The number of aliphatic imine (C=N–C) groups is 1. The lowest BCUT2D eigenvalue weighted by atomic mass is 10.1. The maximum atomic E-state index is 12.9. The quantitative estimate of drug-likeness (QED) is 0.551. The van der Waals surface area contributed by atoms with Gasteiger partial charge in [-0.2, -0.15) is 0 Å². The van der Waals surface area contributed by atoms with Crippen molar-refractivity contribution in [3.8, 4) is 0 Å². The van der Waals surface area contributed by atoms with Crippen molar-refractivity contribution in [1.82, 2.24) is 0 Å². The van der Waals surface area contributed by atoms with Crippen molar-refractivity contribution >= 4 is 22.3 Å². The molecule has 0 saturated carbocycles. The monoisotopic (exact) mass is 264 g/mol.